The van der Waals surface area contributed by atoms with Crippen molar-refractivity contribution >= 4 is 12.1 Å². The molecule has 4 rings (SSSR count). The first-order valence-electron chi connectivity index (χ1n) is 10.0. The molecule has 0 aliphatic carbocycles. The average molecular weight is 394 g/mol. The second kappa shape index (κ2) is 8.25. The molecule has 6 nitrogen and oxygen atoms in total. The quantitative estimate of drug-likeness (QED) is 0.842. The summed E-state index contributed by atoms with van der Waals surface area (Å²) >= 11 is 0. The zero-order valence-corrected chi connectivity index (χ0v) is 16.4. The molecule has 2 aromatic carbocycles. The Morgan fingerprint density at radius 2 is 1.69 bits per heavy atom. The number of rotatable bonds is 5. The number of fused-ring (bicyclic) bond motifs is 2. The minimum absolute atomic E-state index is 0.152. The number of carbonyl (C=O) groups excluding carboxylic acids is 1. The lowest BCUT2D eigenvalue weighted by Gasteiger charge is -2.51. The van der Waals surface area contributed by atoms with Gasteiger partial charge in [0.1, 0.15) is 6.61 Å². The smallest absolute Gasteiger partial charge is 0.410 e. The van der Waals surface area contributed by atoms with Crippen LogP contribution < -0.4 is 0 Å². The minimum atomic E-state index is -0.798. The van der Waals surface area contributed by atoms with E-state index >= 15 is 0 Å². The van der Waals surface area contributed by atoms with E-state index < -0.39 is 11.4 Å². The van der Waals surface area contributed by atoms with Crippen molar-refractivity contribution in [2.24, 2.45) is 5.41 Å². The molecule has 2 aliphatic rings. The Labute approximate surface area is 170 Å². The van der Waals surface area contributed by atoms with Crippen molar-refractivity contribution in [1.82, 2.24) is 9.80 Å². The lowest BCUT2D eigenvalue weighted by atomic mass is 9.72. The van der Waals surface area contributed by atoms with Gasteiger partial charge >= 0.3 is 12.1 Å². The molecule has 29 heavy (non-hydrogen) atoms. The lowest BCUT2D eigenvalue weighted by molar-refractivity contribution is -0.159. The van der Waals surface area contributed by atoms with E-state index in [9.17, 15) is 14.7 Å². The van der Waals surface area contributed by atoms with E-state index in [1.165, 1.54) is 0 Å². The molecule has 1 N–H and O–H groups in total. The summed E-state index contributed by atoms with van der Waals surface area (Å²) in [5.41, 5.74) is 1.28. The van der Waals surface area contributed by atoms with E-state index in [1.807, 2.05) is 60.7 Å². The van der Waals surface area contributed by atoms with Crippen molar-refractivity contribution in [3.63, 3.8) is 0 Å². The normalized spacial score (nSPS) is 24.1. The van der Waals surface area contributed by atoms with Gasteiger partial charge in [-0.3, -0.25) is 9.69 Å². The minimum Gasteiger partial charge on any atom is -0.481 e. The first-order valence-corrected chi connectivity index (χ1v) is 10.0. The van der Waals surface area contributed by atoms with E-state index in [0.29, 0.717) is 39.0 Å². The van der Waals surface area contributed by atoms with Gasteiger partial charge in [-0.15, -0.1) is 0 Å². The summed E-state index contributed by atoms with van der Waals surface area (Å²) in [5.74, 6) is -0.766. The van der Waals surface area contributed by atoms with Gasteiger partial charge in [-0.25, -0.2) is 4.79 Å². The predicted molar refractivity (Wildman–Crippen MR) is 108 cm³/mol. The number of hydrogen-bond donors (Lipinski definition) is 1. The Hall–Kier alpha value is -2.86. The van der Waals surface area contributed by atoms with E-state index in [-0.39, 0.29) is 18.7 Å². The summed E-state index contributed by atoms with van der Waals surface area (Å²) in [6, 6.07) is 19.5. The van der Waals surface area contributed by atoms with Crippen LogP contribution in [0.25, 0.3) is 0 Å². The Morgan fingerprint density at radius 1 is 1.03 bits per heavy atom. The van der Waals surface area contributed by atoms with Gasteiger partial charge in [0.15, 0.2) is 0 Å². The third-order valence-electron chi connectivity index (χ3n) is 6.04. The highest BCUT2D eigenvalue weighted by atomic mass is 16.6. The van der Waals surface area contributed by atoms with Crippen molar-refractivity contribution in [3.8, 4) is 0 Å². The van der Waals surface area contributed by atoms with Crippen molar-refractivity contribution in [2.75, 3.05) is 19.6 Å². The molecule has 2 heterocycles. The molecule has 0 spiro atoms. The van der Waals surface area contributed by atoms with E-state index in [0.717, 1.165) is 11.1 Å². The summed E-state index contributed by atoms with van der Waals surface area (Å²) in [6.45, 7) is 2.49. The molecule has 2 atom stereocenters. The fourth-order valence-electron chi connectivity index (χ4n) is 4.54. The number of ether oxygens (including phenoxy) is 1. The summed E-state index contributed by atoms with van der Waals surface area (Å²) in [6.07, 6.45) is 0.568. The van der Waals surface area contributed by atoms with Crippen LogP contribution in [0.3, 0.4) is 0 Å². The summed E-state index contributed by atoms with van der Waals surface area (Å²) in [4.78, 5) is 28.7. The van der Waals surface area contributed by atoms with Crippen LogP contribution in [-0.4, -0.2) is 52.6 Å². The van der Waals surface area contributed by atoms with E-state index in [4.69, 9.17) is 4.74 Å². The summed E-state index contributed by atoms with van der Waals surface area (Å²) in [7, 11) is 0. The third kappa shape index (κ3) is 4.27. The highest BCUT2D eigenvalue weighted by molar-refractivity contribution is 5.76. The molecule has 2 aliphatic heterocycles. The fraction of sp³-hybridized carbons (Fsp3) is 0.391. The Kier molecular flexibility index (Phi) is 5.53. The Morgan fingerprint density at radius 3 is 2.34 bits per heavy atom. The first-order chi connectivity index (χ1) is 14.1. The Balaban J connectivity index is 1.46. The van der Waals surface area contributed by atoms with Crippen molar-refractivity contribution in [2.45, 2.75) is 32.0 Å². The lowest BCUT2D eigenvalue weighted by Crippen LogP contribution is -2.63. The number of piperidine rings is 2. The molecule has 1 amide bonds. The number of hydrogen-bond acceptors (Lipinski definition) is 4. The molecule has 0 aromatic heterocycles. The van der Waals surface area contributed by atoms with Gasteiger partial charge in [0, 0.05) is 32.2 Å². The maximum atomic E-state index is 12.7. The standard InChI is InChI=1S/C23H26N2O4/c26-21(27)23-11-12-25(22(28)29-16-19-9-5-2-6-10-19)20(13-23)15-24(17-23)14-18-7-3-1-4-8-18/h1-10,20H,11-17H2,(H,26,27). The van der Waals surface area contributed by atoms with E-state index in [2.05, 4.69) is 4.90 Å². The molecular weight excluding hydrogens is 368 g/mol. The van der Waals surface area contributed by atoms with Gasteiger partial charge in [0.2, 0.25) is 0 Å². The van der Waals surface area contributed by atoms with Gasteiger partial charge in [-0.1, -0.05) is 60.7 Å². The number of carboxylic acids is 1. The van der Waals surface area contributed by atoms with Crippen LogP contribution in [-0.2, 0) is 22.7 Å². The molecule has 0 radical (unpaired) electrons. The van der Waals surface area contributed by atoms with Gasteiger partial charge < -0.3 is 14.7 Å². The van der Waals surface area contributed by atoms with Crippen LogP contribution in [0.1, 0.15) is 24.0 Å². The summed E-state index contributed by atoms with van der Waals surface area (Å²) < 4.78 is 5.53. The highest BCUT2D eigenvalue weighted by Gasteiger charge is 2.51. The van der Waals surface area contributed by atoms with Gasteiger partial charge in [0.25, 0.3) is 0 Å². The third-order valence-corrected chi connectivity index (χ3v) is 6.04. The maximum absolute atomic E-state index is 12.7. The summed E-state index contributed by atoms with van der Waals surface area (Å²) in [5, 5.41) is 9.94. The molecule has 2 aromatic rings. The molecular formula is C23H26N2O4. The van der Waals surface area contributed by atoms with Crippen LogP contribution in [0.4, 0.5) is 4.79 Å². The predicted octanol–water partition coefficient (Wildman–Crippen LogP) is 3.37. The molecule has 0 saturated carbocycles. The zero-order chi connectivity index (χ0) is 20.3. The van der Waals surface area contributed by atoms with Crippen molar-refractivity contribution in [1.29, 1.82) is 0 Å². The number of likely N-dealkylation sites (tertiary alicyclic amines) is 2. The highest BCUT2D eigenvalue weighted by Crippen LogP contribution is 2.40. The van der Waals surface area contributed by atoms with Crippen molar-refractivity contribution < 1.29 is 19.4 Å². The van der Waals surface area contributed by atoms with Crippen LogP contribution in [0.2, 0.25) is 0 Å². The molecule has 2 bridgehead atoms. The SMILES string of the molecule is O=C(OCc1ccccc1)N1CCC2(C(=O)O)CC1CN(Cc1ccccc1)C2. The number of aliphatic carboxylic acids is 1. The second-order valence-electron chi connectivity index (χ2n) is 8.08. The number of carboxylic acid groups (broad SMARTS) is 1. The van der Waals surface area contributed by atoms with Crippen LogP contribution in [0.15, 0.2) is 60.7 Å². The van der Waals surface area contributed by atoms with Gasteiger partial charge in [-0.2, -0.15) is 0 Å². The molecule has 152 valence electrons. The van der Waals surface area contributed by atoms with Crippen LogP contribution >= 0.6 is 0 Å². The monoisotopic (exact) mass is 394 g/mol. The van der Waals surface area contributed by atoms with Gasteiger partial charge in [0.05, 0.1) is 5.41 Å². The van der Waals surface area contributed by atoms with Crippen molar-refractivity contribution in [3.05, 3.63) is 71.8 Å². The number of amides is 1. The topological polar surface area (TPSA) is 70.1 Å². The fourth-order valence-corrected chi connectivity index (χ4v) is 4.54. The number of benzene rings is 2. The largest absolute Gasteiger partial charge is 0.481 e. The zero-order valence-electron chi connectivity index (χ0n) is 16.4. The van der Waals surface area contributed by atoms with Crippen LogP contribution in [0.5, 0.6) is 0 Å². The number of carbonyl (C=O) groups is 2. The average Bonchev–Trinajstić information content (AvgIpc) is 2.73. The van der Waals surface area contributed by atoms with E-state index in [1.54, 1.807) is 4.90 Å². The van der Waals surface area contributed by atoms with Crippen LogP contribution in [0, 0.1) is 5.41 Å². The molecule has 2 saturated heterocycles. The maximum Gasteiger partial charge on any atom is 0.410 e. The molecule has 2 unspecified atom stereocenters. The van der Waals surface area contributed by atoms with Gasteiger partial charge in [-0.05, 0) is 24.0 Å². The molecule has 6 heteroatoms. The Bertz CT molecular complexity index is 858. The molecule has 2 fully saturated rings. The number of nitrogens with zero attached hydrogens (tertiary/aromatic N) is 2. The second-order valence-corrected chi connectivity index (χ2v) is 8.08. The first kappa shape index (κ1) is 19.5.